The number of likely N-dealkylation sites (tertiary alicyclic amines) is 1. The average molecular weight is 251 g/mol. The summed E-state index contributed by atoms with van der Waals surface area (Å²) in [6.45, 7) is 12.2. The zero-order valence-corrected chi connectivity index (χ0v) is 13.2. The molecule has 2 rings (SSSR count). The second-order valence-electron chi connectivity index (χ2n) is 7.43. The van der Waals surface area contributed by atoms with Gasteiger partial charge < -0.3 is 0 Å². The highest BCUT2D eigenvalue weighted by Gasteiger charge is 2.47. The summed E-state index contributed by atoms with van der Waals surface area (Å²) in [5.41, 5.74) is 0.473. The van der Waals surface area contributed by atoms with E-state index in [1.54, 1.807) is 0 Å². The summed E-state index contributed by atoms with van der Waals surface area (Å²) < 4.78 is 0. The Hall–Kier alpha value is -0.0400. The number of hydrogen-bond acceptors (Lipinski definition) is 1. The standard InChI is InChI=1S/C17H33N/c1-6-11-17(5)12-10-15-14(4)8-7-9-16(15)18(17)13(2)3/h13-16H,6-12H2,1-5H3. The number of fused-ring (bicyclic) bond motifs is 1. The minimum Gasteiger partial charge on any atom is -0.292 e. The van der Waals surface area contributed by atoms with Gasteiger partial charge >= 0.3 is 0 Å². The molecular formula is C17H33N. The molecule has 18 heavy (non-hydrogen) atoms. The molecule has 4 atom stereocenters. The largest absolute Gasteiger partial charge is 0.292 e. The van der Waals surface area contributed by atoms with Crippen LogP contribution < -0.4 is 0 Å². The van der Waals surface area contributed by atoms with Crippen molar-refractivity contribution in [1.29, 1.82) is 0 Å². The molecular weight excluding hydrogens is 218 g/mol. The maximum Gasteiger partial charge on any atom is 0.0187 e. The van der Waals surface area contributed by atoms with E-state index in [-0.39, 0.29) is 0 Å². The average Bonchev–Trinajstić information content (AvgIpc) is 2.28. The molecule has 1 heteroatoms. The third kappa shape index (κ3) is 2.48. The van der Waals surface area contributed by atoms with Crippen molar-refractivity contribution in [1.82, 2.24) is 4.90 Å². The summed E-state index contributed by atoms with van der Waals surface area (Å²) >= 11 is 0. The Kier molecular flexibility index (Phi) is 4.41. The molecule has 0 aromatic heterocycles. The first kappa shape index (κ1) is 14.4. The van der Waals surface area contributed by atoms with Crippen LogP contribution in [-0.4, -0.2) is 22.5 Å². The predicted molar refractivity (Wildman–Crippen MR) is 79.8 cm³/mol. The summed E-state index contributed by atoms with van der Waals surface area (Å²) in [4.78, 5) is 2.92. The van der Waals surface area contributed by atoms with Crippen LogP contribution >= 0.6 is 0 Å². The SMILES string of the molecule is CCCC1(C)CCC2C(C)CCCC2N1C(C)C. The summed E-state index contributed by atoms with van der Waals surface area (Å²) in [6.07, 6.45) is 9.98. The van der Waals surface area contributed by atoms with Crippen LogP contribution in [-0.2, 0) is 0 Å². The van der Waals surface area contributed by atoms with Crippen LogP contribution in [0.2, 0.25) is 0 Å². The Balaban J connectivity index is 2.23. The monoisotopic (exact) mass is 251 g/mol. The first-order chi connectivity index (χ1) is 8.49. The third-order valence-corrected chi connectivity index (χ3v) is 5.73. The normalized spacial score (nSPS) is 42.0. The Bertz CT molecular complexity index is 273. The fraction of sp³-hybridized carbons (Fsp3) is 1.00. The molecule has 1 nitrogen and oxygen atoms in total. The third-order valence-electron chi connectivity index (χ3n) is 5.73. The Morgan fingerprint density at radius 1 is 1.22 bits per heavy atom. The van der Waals surface area contributed by atoms with Crippen molar-refractivity contribution >= 4 is 0 Å². The molecule has 2 aliphatic rings. The van der Waals surface area contributed by atoms with Crippen LogP contribution in [0.15, 0.2) is 0 Å². The molecule has 0 aromatic carbocycles. The van der Waals surface area contributed by atoms with E-state index < -0.39 is 0 Å². The van der Waals surface area contributed by atoms with Crippen molar-refractivity contribution in [3.63, 3.8) is 0 Å². The maximum absolute atomic E-state index is 2.92. The van der Waals surface area contributed by atoms with Gasteiger partial charge in [0.25, 0.3) is 0 Å². The van der Waals surface area contributed by atoms with Gasteiger partial charge in [0.15, 0.2) is 0 Å². The lowest BCUT2D eigenvalue weighted by Crippen LogP contribution is -2.62. The summed E-state index contributed by atoms with van der Waals surface area (Å²) in [7, 11) is 0. The molecule has 0 radical (unpaired) electrons. The fourth-order valence-electron chi connectivity index (χ4n) is 5.08. The van der Waals surface area contributed by atoms with Gasteiger partial charge in [-0.2, -0.15) is 0 Å². The van der Waals surface area contributed by atoms with E-state index in [2.05, 4.69) is 39.5 Å². The molecule has 1 aliphatic heterocycles. The smallest absolute Gasteiger partial charge is 0.0187 e. The van der Waals surface area contributed by atoms with Crippen molar-refractivity contribution in [3.05, 3.63) is 0 Å². The van der Waals surface area contributed by atoms with Crippen molar-refractivity contribution in [3.8, 4) is 0 Å². The van der Waals surface area contributed by atoms with E-state index in [9.17, 15) is 0 Å². The van der Waals surface area contributed by atoms with Gasteiger partial charge in [0.2, 0.25) is 0 Å². The molecule has 106 valence electrons. The molecule has 0 spiro atoms. The Labute approximate surface area is 114 Å². The number of rotatable bonds is 3. The van der Waals surface area contributed by atoms with Gasteiger partial charge in [0, 0.05) is 17.6 Å². The van der Waals surface area contributed by atoms with Crippen LogP contribution in [0.25, 0.3) is 0 Å². The van der Waals surface area contributed by atoms with Crippen LogP contribution in [0.5, 0.6) is 0 Å². The lowest BCUT2D eigenvalue weighted by molar-refractivity contribution is -0.0789. The first-order valence-corrected chi connectivity index (χ1v) is 8.28. The quantitative estimate of drug-likeness (QED) is 0.693. The first-order valence-electron chi connectivity index (χ1n) is 8.28. The van der Waals surface area contributed by atoms with E-state index in [1.807, 2.05) is 0 Å². The molecule has 0 aromatic rings. The molecule has 1 saturated carbocycles. The van der Waals surface area contributed by atoms with Crippen LogP contribution in [0.1, 0.15) is 79.6 Å². The van der Waals surface area contributed by atoms with E-state index in [0.29, 0.717) is 11.6 Å². The van der Waals surface area contributed by atoms with Gasteiger partial charge in [-0.05, 0) is 58.3 Å². The highest BCUT2D eigenvalue weighted by molar-refractivity contribution is 5.01. The number of nitrogens with zero attached hydrogens (tertiary/aromatic N) is 1. The van der Waals surface area contributed by atoms with E-state index in [0.717, 1.165) is 17.9 Å². The van der Waals surface area contributed by atoms with E-state index in [4.69, 9.17) is 0 Å². The molecule has 1 heterocycles. The Morgan fingerprint density at radius 3 is 2.56 bits per heavy atom. The minimum atomic E-state index is 0.473. The topological polar surface area (TPSA) is 3.24 Å². The fourth-order valence-corrected chi connectivity index (χ4v) is 5.08. The van der Waals surface area contributed by atoms with Gasteiger partial charge in [0.05, 0.1) is 0 Å². The van der Waals surface area contributed by atoms with Crippen LogP contribution in [0.3, 0.4) is 0 Å². The van der Waals surface area contributed by atoms with Gasteiger partial charge in [-0.3, -0.25) is 4.90 Å². The minimum absolute atomic E-state index is 0.473. The molecule has 0 bridgehead atoms. The van der Waals surface area contributed by atoms with Gasteiger partial charge in [-0.15, -0.1) is 0 Å². The second-order valence-corrected chi connectivity index (χ2v) is 7.43. The summed E-state index contributed by atoms with van der Waals surface area (Å²) in [6, 6.07) is 1.58. The molecule has 1 saturated heterocycles. The molecule has 2 fully saturated rings. The lowest BCUT2D eigenvalue weighted by atomic mass is 9.66. The summed E-state index contributed by atoms with van der Waals surface area (Å²) in [5, 5.41) is 0. The second kappa shape index (κ2) is 5.53. The van der Waals surface area contributed by atoms with Crippen LogP contribution in [0.4, 0.5) is 0 Å². The van der Waals surface area contributed by atoms with E-state index >= 15 is 0 Å². The summed E-state index contributed by atoms with van der Waals surface area (Å²) in [5.74, 6) is 1.93. The zero-order valence-electron chi connectivity index (χ0n) is 13.2. The van der Waals surface area contributed by atoms with Crippen molar-refractivity contribution in [2.75, 3.05) is 0 Å². The molecule has 1 aliphatic carbocycles. The highest BCUT2D eigenvalue weighted by Crippen LogP contribution is 2.47. The molecule has 0 N–H and O–H groups in total. The number of hydrogen-bond donors (Lipinski definition) is 0. The van der Waals surface area contributed by atoms with E-state index in [1.165, 1.54) is 44.9 Å². The van der Waals surface area contributed by atoms with Gasteiger partial charge in [-0.25, -0.2) is 0 Å². The van der Waals surface area contributed by atoms with Gasteiger partial charge in [0.1, 0.15) is 0 Å². The molecule has 4 unspecified atom stereocenters. The van der Waals surface area contributed by atoms with Crippen LogP contribution in [0, 0.1) is 11.8 Å². The predicted octanol–water partition coefficient (Wildman–Crippen LogP) is 4.85. The Morgan fingerprint density at radius 2 is 1.94 bits per heavy atom. The lowest BCUT2D eigenvalue weighted by Gasteiger charge is -2.58. The van der Waals surface area contributed by atoms with Crippen molar-refractivity contribution < 1.29 is 0 Å². The molecule has 0 amide bonds. The van der Waals surface area contributed by atoms with Crippen molar-refractivity contribution in [2.45, 2.75) is 97.2 Å². The number of piperidine rings is 1. The highest BCUT2D eigenvalue weighted by atomic mass is 15.3. The zero-order chi connectivity index (χ0) is 13.3. The van der Waals surface area contributed by atoms with Crippen molar-refractivity contribution in [2.24, 2.45) is 11.8 Å². The van der Waals surface area contributed by atoms with Gasteiger partial charge in [-0.1, -0.05) is 33.1 Å². The maximum atomic E-state index is 2.92.